The van der Waals surface area contributed by atoms with E-state index in [0.717, 1.165) is 24.0 Å². The summed E-state index contributed by atoms with van der Waals surface area (Å²) in [6.07, 6.45) is 1.93. The summed E-state index contributed by atoms with van der Waals surface area (Å²) in [7, 11) is 0. The third kappa shape index (κ3) is 5.69. The van der Waals surface area contributed by atoms with Crippen molar-refractivity contribution in [3.8, 4) is 0 Å². The van der Waals surface area contributed by atoms with Gasteiger partial charge in [0.15, 0.2) is 0 Å². The number of likely N-dealkylation sites (tertiary alicyclic amines) is 1. The van der Waals surface area contributed by atoms with Crippen molar-refractivity contribution in [3.63, 3.8) is 0 Å². The third-order valence-corrected chi connectivity index (χ3v) is 5.78. The molecule has 0 unspecified atom stereocenters. The molecule has 29 heavy (non-hydrogen) atoms. The fraction of sp³-hybridized carbons (Fsp3) is 0.440. The molecular formula is C25H32N2O2. The Bertz CT molecular complexity index is 806. The Labute approximate surface area is 174 Å². The molecular weight excluding hydrogens is 360 g/mol. The predicted octanol–water partition coefficient (Wildman–Crippen LogP) is 4.21. The van der Waals surface area contributed by atoms with Crippen molar-refractivity contribution in [2.45, 2.75) is 52.6 Å². The average molecular weight is 393 g/mol. The lowest BCUT2D eigenvalue weighted by atomic mass is 9.94. The zero-order chi connectivity index (χ0) is 20.8. The largest absolute Gasteiger partial charge is 0.342 e. The van der Waals surface area contributed by atoms with Crippen LogP contribution in [0.3, 0.4) is 0 Å². The number of aryl methyl sites for hydroxylation is 1. The van der Waals surface area contributed by atoms with Gasteiger partial charge < -0.3 is 9.80 Å². The molecule has 1 aliphatic rings. The molecule has 0 aliphatic carbocycles. The minimum atomic E-state index is 0.00420. The highest BCUT2D eigenvalue weighted by Crippen LogP contribution is 2.23. The Balaban J connectivity index is 1.54. The van der Waals surface area contributed by atoms with Crippen LogP contribution in [0.25, 0.3) is 0 Å². The van der Waals surface area contributed by atoms with E-state index in [1.807, 2.05) is 59.2 Å². The van der Waals surface area contributed by atoms with Gasteiger partial charge in [0.25, 0.3) is 0 Å². The monoisotopic (exact) mass is 392 g/mol. The fourth-order valence-corrected chi connectivity index (χ4v) is 3.90. The Kier molecular flexibility index (Phi) is 7.08. The van der Waals surface area contributed by atoms with Crippen LogP contribution >= 0.6 is 0 Å². The first kappa shape index (κ1) is 21.1. The molecule has 4 nitrogen and oxygen atoms in total. The molecule has 0 N–H and O–H groups in total. The van der Waals surface area contributed by atoms with Crippen LogP contribution in [0.4, 0.5) is 0 Å². The van der Waals surface area contributed by atoms with Crippen molar-refractivity contribution in [1.29, 1.82) is 0 Å². The van der Waals surface area contributed by atoms with Crippen molar-refractivity contribution >= 4 is 11.8 Å². The lowest BCUT2D eigenvalue weighted by molar-refractivity contribution is -0.142. The van der Waals surface area contributed by atoms with Gasteiger partial charge in [0.2, 0.25) is 11.8 Å². The highest BCUT2D eigenvalue weighted by molar-refractivity contribution is 5.81. The summed E-state index contributed by atoms with van der Waals surface area (Å²) in [4.78, 5) is 29.7. The van der Waals surface area contributed by atoms with E-state index in [0.29, 0.717) is 26.1 Å². The predicted molar refractivity (Wildman–Crippen MR) is 116 cm³/mol. The maximum atomic E-state index is 13.2. The molecule has 1 saturated heterocycles. The number of hydrogen-bond acceptors (Lipinski definition) is 2. The van der Waals surface area contributed by atoms with Crippen molar-refractivity contribution in [3.05, 3.63) is 71.3 Å². The molecule has 2 aromatic carbocycles. The molecule has 0 aromatic heterocycles. The van der Waals surface area contributed by atoms with Crippen molar-refractivity contribution in [1.82, 2.24) is 9.80 Å². The summed E-state index contributed by atoms with van der Waals surface area (Å²) in [6.45, 7) is 8.16. The second-order valence-electron chi connectivity index (χ2n) is 8.36. The van der Waals surface area contributed by atoms with Crippen molar-refractivity contribution in [2.24, 2.45) is 5.92 Å². The van der Waals surface area contributed by atoms with Gasteiger partial charge in [-0.3, -0.25) is 9.59 Å². The number of carbonyl (C=O) groups excluding carboxylic acids is 2. The standard InChI is InChI=1S/C25H32N2O2/c1-19(2)27(18-22-7-5-4-6-8-22)25(29)23-13-15-26(16-14-23)24(28)17-21-11-9-20(3)10-12-21/h4-12,19,23H,13-18H2,1-3H3. The zero-order valence-electron chi connectivity index (χ0n) is 17.8. The minimum Gasteiger partial charge on any atom is -0.342 e. The molecule has 3 rings (SSSR count). The van der Waals surface area contributed by atoms with E-state index in [1.165, 1.54) is 5.56 Å². The molecule has 0 radical (unpaired) electrons. The first-order valence-electron chi connectivity index (χ1n) is 10.6. The van der Waals surface area contributed by atoms with Gasteiger partial charge >= 0.3 is 0 Å². The Morgan fingerprint density at radius 2 is 1.59 bits per heavy atom. The fourth-order valence-electron chi connectivity index (χ4n) is 3.90. The van der Waals surface area contributed by atoms with Crippen LogP contribution in [-0.2, 0) is 22.6 Å². The molecule has 0 saturated carbocycles. The van der Waals surface area contributed by atoms with Gasteiger partial charge in [-0.15, -0.1) is 0 Å². The number of carbonyl (C=O) groups is 2. The molecule has 1 fully saturated rings. The number of benzene rings is 2. The highest BCUT2D eigenvalue weighted by atomic mass is 16.2. The summed E-state index contributed by atoms with van der Waals surface area (Å²) in [5.41, 5.74) is 3.40. The van der Waals surface area contributed by atoms with E-state index < -0.39 is 0 Å². The van der Waals surface area contributed by atoms with Crippen LogP contribution in [0.5, 0.6) is 0 Å². The SMILES string of the molecule is Cc1ccc(CC(=O)N2CCC(C(=O)N(Cc3ccccc3)C(C)C)CC2)cc1. The van der Waals surface area contributed by atoms with Gasteiger partial charge in [-0.1, -0.05) is 60.2 Å². The Morgan fingerprint density at radius 1 is 0.966 bits per heavy atom. The second-order valence-corrected chi connectivity index (χ2v) is 8.36. The number of piperidine rings is 1. The number of hydrogen-bond donors (Lipinski definition) is 0. The van der Waals surface area contributed by atoms with Crippen LogP contribution in [0, 0.1) is 12.8 Å². The van der Waals surface area contributed by atoms with Gasteiger partial charge in [0.05, 0.1) is 6.42 Å². The van der Waals surface area contributed by atoms with E-state index in [4.69, 9.17) is 0 Å². The number of amides is 2. The maximum Gasteiger partial charge on any atom is 0.226 e. The normalized spacial score (nSPS) is 14.8. The van der Waals surface area contributed by atoms with Crippen molar-refractivity contribution < 1.29 is 9.59 Å². The first-order chi connectivity index (χ1) is 13.9. The zero-order valence-corrected chi connectivity index (χ0v) is 17.8. The van der Waals surface area contributed by atoms with E-state index in [2.05, 4.69) is 26.0 Å². The smallest absolute Gasteiger partial charge is 0.226 e. The maximum absolute atomic E-state index is 13.2. The lowest BCUT2D eigenvalue weighted by Gasteiger charge is -2.36. The van der Waals surface area contributed by atoms with Crippen LogP contribution in [0.1, 0.15) is 43.4 Å². The molecule has 0 atom stereocenters. The third-order valence-electron chi connectivity index (χ3n) is 5.78. The molecule has 0 spiro atoms. The number of nitrogens with zero attached hydrogens (tertiary/aromatic N) is 2. The van der Waals surface area contributed by atoms with E-state index >= 15 is 0 Å². The van der Waals surface area contributed by atoms with Crippen LogP contribution in [0.15, 0.2) is 54.6 Å². The summed E-state index contributed by atoms with van der Waals surface area (Å²) in [5, 5.41) is 0. The van der Waals surface area contributed by atoms with E-state index in [9.17, 15) is 9.59 Å². The number of rotatable bonds is 6. The van der Waals surface area contributed by atoms with Crippen LogP contribution in [-0.4, -0.2) is 40.7 Å². The Hall–Kier alpha value is -2.62. The molecule has 2 aromatic rings. The molecule has 1 heterocycles. The quantitative estimate of drug-likeness (QED) is 0.739. The molecule has 154 valence electrons. The van der Waals surface area contributed by atoms with Gasteiger partial charge in [-0.25, -0.2) is 0 Å². The highest BCUT2D eigenvalue weighted by Gasteiger charge is 2.31. The van der Waals surface area contributed by atoms with Crippen LogP contribution < -0.4 is 0 Å². The van der Waals surface area contributed by atoms with Gasteiger partial charge in [0, 0.05) is 31.6 Å². The topological polar surface area (TPSA) is 40.6 Å². The molecule has 0 bridgehead atoms. The van der Waals surface area contributed by atoms with E-state index in [1.54, 1.807) is 0 Å². The minimum absolute atomic E-state index is 0.00420. The summed E-state index contributed by atoms with van der Waals surface area (Å²) in [5.74, 6) is 0.378. The lowest BCUT2D eigenvalue weighted by Crippen LogP contribution is -2.46. The van der Waals surface area contributed by atoms with Gasteiger partial charge in [-0.2, -0.15) is 0 Å². The average Bonchev–Trinajstić information content (AvgIpc) is 2.74. The Morgan fingerprint density at radius 3 is 2.17 bits per heavy atom. The molecule has 1 aliphatic heterocycles. The van der Waals surface area contributed by atoms with Crippen LogP contribution in [0.2, 0.25) is 0 Å². The van der Waals surface area contributed by atoms with Gasteiger partial charge in [-0.05, 0) is 44.7 Å². The summed E-state index contributed by atoms with van der Waals surface area (Å²) in [6, 6.07) is 18.4. The summed E-state index contributed by atoms with van der Waals surface area (Å²) >= 11 is 0. The van der Waals surface area contributed by atoms with Gasteiger partial charge in [0.1, 0.15) is 0 Å². The molecule has 4 heteroatoms. The first-order valence-corrected chi connectivity index (χ1v) is 10.6. The summed E-state index contributed by atoms with van der Waals surface area (Å²) < 4.78 is 0. The second kappa shape index (κ2) is 9.73. The van der Waals surface area contributed by atoms with E-state index in [-0.39, 0.29) is 23.8 Å². The molecule has 2 amide bonds. The van der Waals surface area contributed by atoms with Crippen molar-refractivity contribution in [2.75, 3.05) is 13.1 Å².